The van der Waals surface area contributed by atoms with Gasteiger partial charge in [0.05, 0.1) is 5.39 Å². The molecule has 0 bridgehead atoms. The molecule has 0 saturated carbocycles. The minimum atomic E-state index is 0.0183. The second-order valence-electron chi connectivity index (χ2n) is 8.31. The van der Waals surface area contributed by atoms with Crippen molar-refractivity contribution in [2.75, 3.05) is 49.1 Å². The number of fused-ring (bicyclic) bond motifs is 1. The maximum atomic E-state index is 13.3. The number of anilines is 2. The first kappa shape index (κ1) is 21.9. The molecule has 0 N–H and O–H groups in total. The predicted octanol–water partition coefficient (Wildman–Crippen LogP) is 4.09. The Morgan fingerprint density at radius 2 is 1.71 bits per heavy atom. The van der Waals surface area contributed by atoms with Crippen LogP contribution in [0.4, 0.5) is 11.6 Å². The number of aromatic nitrogens is 3. The summed E-state index contributed by atoms with van der Waals surface area (Å²) in [4.78, 5) is 19.5. The highest BCUT2D eigenvalue weighted by Gasteiger charge is 2.24. The van der Waals surface area contributed by atoms with Gasteiger partial charge in [0, 0.05) is 50.4 Å². The summed E-state index contributed by atoms with van der Waals surface area (Å²) in [5.74, 6) is 2.44. The van der Waals surface area contributed by atoms with Crippen molar-refractivity contribution in [3.05, 3.63) is 66.2 Å². The van der Waals surface area contributed by atoms with Crippen LogP contribution < -0.4 is 9.80 Å². The van der Waals surface area contributed by atoms with Gasteiger partial charge in [0.15, 0.2) is 17.4 Å². The van der Waals surface area contributed by atoms with E-state index in [4.69, 9.17) is 4.52 Å². The summed E-state index contributed by atoms with van der Waals surface area (Å²) in [5, 5.41) is 13.8. The number of benzene rings is 2. The van der Waals surface area contributed by atoms with E-state index in [2.05, 4.69) is 39.0 Å². The molecule has 174 valence electrons. The topological polar surface area (TPSA) is 78.6 Å². The molecular weight excluding hydrogens is 428 g/mol. The Morgan fingerprint density at radius 3 is 2.38 bits per heavy atom. The van der Waals surface area contributed by atoms with Gasteiger partial charge in [0.2, 0.25) is 0 Å². The van der Waals surface area contributed by atoms with Crippen LogP contribution in [0.5, 0.6) is 0 Å². The summed E-state index contributed by atoms with van der Waals surface area (Å²) in [6, 6.07) is 19.4. The molecule has 1 saturated heterocycles. The second-order valence-corrected chi connectivity index (χ2v) is 8.31. The summed E-state index contributed by atoms with van der Waals surface area (Å²) in [6.07, 6.45) is 0. The zero-order valence-electron chi connectivity index (χ0n) is 19.5. The second kappa shape index (κ2) is 9.51. The Morgan fingerprint density at radius 1 is 0.941 bits per heavy atom. The van der Waals surface area contributed by atoms with Gasteiger partial charge in [-0.25, -0.2) is 0 Å². The molecule has 34 heavy (non-hydrogen) atoms. The third-order valence-corrected chi connectivity index (χ3v) is 6.37. The van der Waals surface area contributed by atoms with Gasteiger partial charge in [-0.15, -0.1) is 10.2 Å². The summed E-state index contributed by atoms with van der Waals surface area (Å²) in [6.45, 7) is 8.72. The van der Waals surface area contributed by atoms with Crippen molar-refractivity contribution in [3.8, 4) is 11.3 Å². The van der Waals surface area contributed by atoms with E-state index in [1.807, 2.05) is 65.6 Å². The summed E-state index contributed by atoms with van der Waals surface area (Å²) in [5.41, 5.74) is 2.33. The van der Waals surface area contributed by atoms with E-state index in [1.54, 1.807) is 0 Å². The van der Waals surface area contributed by atoms with E-state index in [1.165, 1.54) is 0 Å². The first-order chi connectivity index (χ1) is 16.7. The normalized spacial score (nSPS) is 13.9. The molecular formula is C26H28N6O2. The lowest BCUT2D eigenvalue weighted by Gasteiger charge is -2.35. The van der Waals surface area contributed by atoms with Crippen LogP contribution in [0.1, 0.15) is 24.2 Å². The molecule has 0 radical (unpaired) electrons. The van der Waals surface area contributed by atoms with E-state index in [0.717, 1.165) is 54.3 Å². The summed E-state index contributed by atoms with van der Waals surface area (Å²) < 4.78 is 5.58. The van der Waals surface area contributed by atoms with Gasteiger partial charge < -0.3 is 19.2 Å². The maximum absolute atomic E-state index is 13.3. The smallest absolute Gasteiger partial charge is 0.254 e. The standard InChI is InChI=1S/C26H28N6O2/c1-3-30(4-2)23-12-13-24(28-27-23)31-14-16-32(17-15-31)26(33)20-10-11-22-21(18-20)25(34-29-22)19-8-6-5-7-9-19/h5-13,18H,3-4,14-17H2,1-2H3. The number of carbonyl (C=O) groups excluding carboxylic acids is 1. The molecule has 1 aliphatic heterocycles. The number of carbonyl (C=O) groups is 1. The highest BCUT2D eigenvalue weighted by Crippen LogP contribution is 2.29. The van der Waals surface area contributed by atoms with Crippen LogP contribution >= 0.6 is 0 Å². The predicted molar refractivity (Wildman–Crippen MR) is 133 cm³/mol. The van der Waals surface area contributed by atoms with E-state index in [0.29, 0.717) is 24.4 Å². The largest absolute Gasteiger partial charge is 0.356 e. The Kier molecular flexibility index (Phi) is 6.12. The highest BCUT2D eigenvalue weighted by molar-refractivity contribution is 6.01. The van der Waals surface area contributed by atoms with Crippen LogP contribution in [0.25, 0.3) is 22.2 Å². The van der Waals surface area contributed by atoms with E-state index in [9.17, 15) is 4.79 Å². The maximum Gasteiger partial charge on any atom is 0.254 e. The monoisotopic (exact) mass is 456 g/mol. The van der Waals surface area contributed by atoms with E-state index >= 15 is 0 Å². The molecule has 0 spiro atoms. The van der Waals surface area contributed by atoms with Gasteiger partial charge >= 0.3 is 0 Å². The van der Waals surface area contributed by atoms with Gasteiger partial charge in [-0.2, -0.15) is 0 Å². The molecule has 1 fully saturated rings. The van der Waals surface area contributed by atoms with Crippen LogP contribution in [0.2, 0.25) is 0 Å². The zero-order valence-corrected chi connectivity index (χ0v) is 19.5. The van der Waals surface area contributed by atoms with Crippen molar-refractivity contribution in [1.82, 2.24) is 20.3 Å². The summed E-state index contributed by atoms with van der Waals surface area (Å²) >= 11 is 0. The molecule has 3 heterocycles. The minimum absolute atomic E-state index is 0.0183. The lowest BCUT2D eigenvalue weighted by molar-refractivity contribution is 0.0746. The number of piperazine rings is 1. The number of hydrogen-bond acceptors (Lipinski definition) is 7. The van der Waals surface area contributed by atoms with Crippen LogP contribution in [0.15, 0.2) is 65.2 Å². The molecule has 2 aromatic carbocycles. The average molecular weight is 457 g/mol. The Labute approximate surface area is 198 Å². The molecule has 5 rings (SSSR count). The molecule has 0 unspecified atom stereocenters. The fourth-order valence-electron chi connectivity index (χ4n) is 4.40. The minimum Gasteiger partial charge on any atom is -0.356 e. The fraction of sp³-hybridized carbons (Fsp3) is 0.308. The highest BCUT2D eigenvalue weighted by atomic mass is 16.5. The third kappa shape index (κ3) is 4.19. The molecule has 0 aliphatic carbocycles. The Bertz CT molecular complexity index is 1260. The van der Waals surface area contributed by atoms with Crippen molar-refractivity contribution in [2.24, 2.45) is 0 Å². The SMILES string of the molecule is CCN(CC)c1ccc(N2CCN(C(=O)c3ccc4noc(-c5ccccc5)c4c3)CC2)nn1. The number of amides is 1. The van der Waals surface area contributed by atoms with Gasteiger partial charge in [-0.05, 0) is 44.2 Å². The van der Waals surface area contributed by atoms with Crippen LogP contribution in [-0.4, -0.2) is 65.4 Å². The molecule has 8 nitrogen and oxygen atoms in total. The van der Waals surface area contributed by atoms with Crippen molar-refractivity contribution in [2.45, 2.75) is 13.8 Å². The van der Waals surface area contributed by atoms with Crippen molar-refractivity contribution < 1.29 is 9.32 Å². The quantitative estimate of drug-likeness (QED) is 0.432. The molecule has 8 heteroatoms. The lowest BCUT2D eigenvalue weighted by atomic mass is 10.1. The number of hydrogen-bond donors (Lipinski definition) is 0. The van der Waals surface area contributed by atoms with E-state index < -0.39 is 0 Å². The van der Waals surface area contributed by atoms with Crippen molar-refractivity contribution in [1.29, 1.82) is 0 Å². The number of nitrogens with zero attached hydrogens (tertiary/aromatic N) is 6. The van der Waals surface area contributed by atoms with Crippen LogP contribution in [0, 0.1) is 0 Å². The zero-order chi connectivity index (χ0) is 23.5. The van der Waals surface area contributed by atoms with Gasteiger partial charge in [0.1, 0.15) is 5.52 Å². The van der Waals surface area contributed by atoms with Crippen LogP contribution in [0.3, 0.4) is 0 Å². The molecule has 1 amide bonds. The average Bonchev–Trinajstić information content (AvgIpc) is 3.33. The fourth-order valence-corrected chi connectivity index (χ4v) is 4.40. The lowest BCUT2D eigenvalue weighted by Crippen LogP contribution is -2.49. The molecule has 4 aromatic rings. The van der Waals surface area contributed by atoms with E-state index in [-0.39, 0.29) is 5.91 Å². The van der Waals surface area contributed by atoms with Crippen molar-refractivity contribution >= 4 is 28.4 Å². The Hall–Kier alpha value is -3.94. The number of rotatable bonds is 6. The Balaban J connectivity index is 1.28. The van der Waals surface area contributed by atoms with Gasteiger partial charge in [0.25, 0.3) is 5.91 Å². The first-order valence-corrected chi connectivity index (χ1v) is 11.8. The summed E-state index contributed by atoms with van der Waals surface area (Å²) in [7, 11) is 0. The van der Waals surface area contributed by atoms with Gasteiger partial charge in [-0.3, -0.25) is 4.79 Å². The van der Waals surface area contributed by atoms with Crippen molar-refractivity contribution in [3.63, 3.8) is 0 Å². The van der Waals surface area contributed by atoms with Gasteiger partial charge in [-0.1, -0.05) is 35.5 Å². The van der Waals surface area contributed by atoms with Crippen LogP contribution in [-0.2, 0) is 0 Å². The molecule has 2 aromatic heterocycles. The third-order valence-electron chi connectivity index (χ3n) is 6.37. The molecule has 1 aliphatic rings. The first-order valence-electron chi connectivity index (χ1n) is 11.8. The molecule has 0 atom stereocenters.